The van der Waals surface area contributed by atoms with Crippen LogP contribution in [0.15, 0.2) is 18.5 Å². The molecule has 1 aromatic rings. The third-order valence-corrected chi connectivity index (χ3v) is 2.03. The lowest BCUT2D eigenvalue weighted by Gasteiger charge is -2.06. The highest BCUT2D eigenvalue weighted by molar-refractivity contribution is 5.96. The molecule has 0 aliphatic heterocycles. The topological polar surface area (TPSA) is 59.1 Å². The van der Waals surface area contributed by atoms with E-state index in [9.17, 15) is 9.59 Å². The minimum atomic E-state index is -0.245. The van der Waals surface area contributed by atoms with E-state index < -0.39 is 0 Å². The number of aryl methyl sites for hydroxylation is 1. The van der Waals surface area contributed by atoms with Gasteiger partial charge < -0.3 is 5.32 Å². The average molecular weight is 206 g/mol. The number of nitrogens with zero attached hydrogens (tertiary/aromatic N) is 1. The van der Waals surface area contributed by atoms with Gasteiger partial charge in [0.1, 0.15) is 5.78 Å². The highest BCUT2D eigenvalue weighted by Crippen LogP contribution is 2.03. The predicted molar refractivity (Wildman–Crippen MR) is 56.1 cm³/mol. The maximum Gasteiger partial charge on any atom is 0.227 e. The molecule has 1 heterocycles. The number of pyridine rings is 1. The summed E-state index contributed by atoms with van der Waals surface area (Å²) < 4.78 is 0. The molecule has 1 amide bonds. The minimum Gasteiger partial charge on any atom is -0.352 e. The van der Waals surface area contributed by atoms with Crippen molar-refractivity contribution in [1.29, 1.82) is 0 Å². The van der Waals surface area contributed by atoms with Gasteiger partial charge in [0.25, 0.3) is 0 Å². The second-order valence-corrected chi connectivity index (χ2v) is 3.46. The molecule has 0 radical (unpaired) electrons. The summed E-state index contributed by atoms with van der Waals surface area (Å²) in [6.07, 6.45) is 3.36. The number of hydrogen-bond acceptors (Lipinski definition) is 3. The second-order valence-electron chi connectivity index (χ2n) is 3.46. The van der Waals surface area contributed by atoms with Crippen LogP contribution in [-0.4, -0.2) is 16.7 Å². The summed E-state index contributed by atoms with van der Waals surface area (Å²) in [6.45, 7) is 3.77. The van der Waals surface area contributed by atoms with Gasteiger partial charge in [-0.1, -0.05) is 0 Å². The van der Waals surface area contributed by atoms with Crippen molar-refractivity contribution in [3.63, 3.8) is 0 Å². The van der Waals surface area contributed by atoms with Gasteiger partial charge in [0.15, 0.2) is 0 Å². The Kier molecular flexibility index (Phi) is 3.97. The molecule has 4 nitrogen and oxygen atoms in total. The molecule has 4 heteroatoms. The lowest BCUT2D eigenvalue weighted by Crippen LogP contribution is -2.24. The van der Waals surface area contributed by atoms with Crippen LogP contribution >= 0.6 is 0 Å². The molecule has 0 aliphatic carbocycles. The molecule has 0 unspecified atom stereocenters. The van der Waals surface area contributed by atoms with Crippen molar-refractivity contribution in [2.24, 2.45) is 0 Å². The molecule has 0 spiro atoms. The number of amides is 1. The van der Waals surface area contributed by atoms with Gasteiger partial charge in [-0.3, -0.25) is 14.6 Å². The summed E-state index contributed by atoms with van der Waals surface area (Å²) in [4.78, 5) is 25.8. The largest absolute Gasteiger partial charge is 0.352 e. The van der Waals surface area contributed by atoms with Crippen molar-refractivity contribution in [3.8, 4) is 0 Å². The monoisotopic (exact) mass is 206 g/mol. The van der Waals surface area contributed by atoms with Crippen molar-refractivity contribution < 1.29 is 9.59 Å². The number of ketones is 1. The first-order chi connectivity index (χ1) is 7.09. The molecule has 1 N–H and O–H groups in total. The first-order valence-electron chi connectivity index (χ1n) is 4.75. The number of hydrogen-bond donors (Lipinski definition) is 1. The quantitative estimate of drug-likeness (QED) is 0.747. The minimum absolute atomic E-state index is 0.0562. The van der Waals surface area contributed by atoms with Crippen LogP contribution in [0.4, 0.5) is 0 Å². The Morgan fingerprint density at radius 3 is 2.80 bits per heavy atom. The number of nitrogens with one attached hydrogen (secondary N) is 1. The fourth-order valence-electron chi connectivity index (χ4n) is 1.16. The van der Waals surface area contributed by atoms with Crippen LogP contribution in [0.1, 0.15) is 24.5 Å². The number of carbonyl (C=O) groups excluding carboxylic acids is 2. The van der Waals surface area contributed by atoms with E-state index in [1.54, 1.807) is 12.4 Å². The van der Waals surface area contributed by atoms with Gasteiger partial charge in [-0.25, -0.2) is 0 Å². The van der Waals surface area contributed by atoms with Crippen LogP contribution in [-0.2, 0) is 16.1 Å². The standard InChI is InChI=1S/C11H14N2O2/c1-8-3-4-12-6-10(8)7-13-11(15)5-9(2)14/h3-4,6H,5,7H2,1-2H3,(H,13,15). The zero-order chi connectivity index (χ0) is 11.3. The van der Waals surface area contributed by atoms with E-state index >= 15 is 0 Å². The number of rotatable bonds is 4. The first kappa shape index (κ1) is 11.4. The number of carbonyl (C=O) groups is 2. The van der Waals surface area contributed by atoms with E-state index in [4.69, 9.17) is 0 Å². The molecule has 0 aliphatic rings. The Labute approximate surface area is 88.7 Å². The SMILES string of the molecule is CC(=O)CC(=O)NCc1cnccc1C. The molecule has 0 atom stereocenters. The van der Waals surface area contributed by atoms with Gasteiger partial charge in [0.2, 0.25) is 5.91 Å². The zero-order valence-electron chi connectivity index (χ0n) is 8.91. The molecular weight excluding hydrogens is 192 g/mol. The lowest BCUT2D eigenvalue weighted by atomic mass is 10.1. The van der Waals surface area contributed by atoms with E-state index in [1.165, 1.54) is 6.92 Å². The van der Waals surface area contributed by atoms with Crippen molar-refractivity contribution in [3.05, 3.63) is 29.6 Å². The Morgan fingerprint density at radius 1 is 1.47 bits per heavy atom. The highest BCUT2D eigenvalue weighted by atomic mass is 16.2. The van der Waals surface area contributed by atoms with Crippen molar-refractivity contribution in [2.75, 3.05) is 0 Å². The van der Waals surface area contributed by atoms with Crippen LogP contribution in [0.5, 0.6) is 0 Å². The van der Waals surface area contributed by atoms with Gasteiger partial charge in [0, 0.05) is 18.9 Å². The van der Waals surface area contributed by atoms with Gasteiger partial charge in [-0.2, -0.15) is 0 Å². The Bertz CT molecular complexity index is 375. The van der Waals surface area contributed by atoms with Crippen LogP contribution in [0.2, 0.25) is 0 Å². The summed E-state index contributed by atoms with van der Waals surface area (Å²) in [5.41, 5.74) is 2.04. The highest BCUT2D eigenvalue weighted by Gasteiger charge is 2.05. The predicted octanol–water partition coefficient (Wildman–Crippen LogP) is 0.985. The number of aromatic nitrogens is 1. The van der Waals surface area contributed by atoms with Crippen LogP contribution in [0.3, 0.4) is 0 Å². The summed E-state index contributed by atoms with van der Waals surface area (Å²) in [6, 6.07) is 1.88. The van der Waals surface area contributed by atoms with Gasteiger partial charge in [-0.15, -0.1) is 0 Å². The van der Waals surface area contributed by atoms with Crippen LogP contribution < -0.4 is 5.32 Å². The molecular formula is C11H14N2O2. The summed E-state index contributed by atoms with van der Waals surface area (Å²) in [5.74, 6) is -0.374. The second kappa shape index (κ2) is 5.24. The third-order valence-electron chi connectivity index (χ3n) is 2.03. The third kappa shape index (κ3) is 3.89. The van der Waals surface area contributed by atoms with E-state index in [-0.39, 0.29) is 18.1 Å². The fourth-order valence-corrected chi connectivity index (χ4v) is 1.16. The molecule has 1 rings (SSSR count). The Hall–Kier alpha value is -1.71. The van der Waals surface area contributed by atoms with Crippen LogP contribution in [0, 0.1) is 6.92 Å². The molecule has 0 bridgehead atoms. The normalized spacial score (nSPS) is 9.73. The van der Waals surface area contributed by atoms with Crippen molar-refractivity contribution in [2.45, 2.75) is 26.8 Å². The average Bonchev–Trinajstić information content (AvgIpc) is 2.15. The Morgan fingerprint density at radius 2 is 2.20 bits per heavy atom. The van der Waals surface area contributed by atoms with Gasteiger partial charge >= 0.3 is 0 Å². The van der Waals surface area contributed by atoms with E-state index in [0.29, 0.717) is 6.54 Å². The first-order valence-corrected chi connectivity index (χ1v) is 4.75. The van der Waals surface area contributed by atoms with Gasteiger partial charge in [-0.05, 0) is 31.0 Å². The van der Waals surface area contributed by atoms with Crippen LogP contribution in [0.25, 0.3) is 0 Å². The lowest BCUT2D eigenvalue weighted by molar-refractivity contribution is -0.127. The van der Waals surface area contributed by atoms with Gasteiger partial charge in [0.05, 0.1) is 6.42 Å². The molecule has 0 aromatic carbocycles. The molecule has 80 valence electrons. The number of Topliss-reactive ketones (excluding diaryl/α,β-unsaturated/α-hetero) is 1. The van der Waals surface area contributed by atoms with E-state index in [0.717, 1.165) is 11.1 Å². The summed E-state index contributed by atoms with van der Waals surface area (Å²) >= 11 is 0. The van der Waals surface area contributed by atoms with Crippen molar-refractivity contribution in [1.82, 2.24) is 10.3 Å². The summed E-state index contributed by atoms with van der Waals surface area (Å²) in [7, 11) is 0. The maximum absolute atomic E-state index is 11.2. The molecule has 15 heavy (non-hydrogen) atoms. The Balaban J connectivity index is 2.47. The molecule has 0 fully saturated rings. The maximum atomic E-state index is 11.2. The zero-order valence-corrected chi connectivity index (χ0v) is 8.91. The molecule has 0 saturated heterocycles. The van der Waals surface area contributed by atoms with E-state index in [1.807, 2.05) is 13.0 Å². The van der Waals surface area contributed by atoms with Crippen molar-refractivity contribution >= 4 is 11.7 Å². The fraction of sp³-hybridized carbons (Fsp3) is 0.364. The van der Waals surface area contributed by atoms with E-state index in [2.05, 4.69) is 10.3 Å². The summed E-state index contributed by atoms with van der Waals surface area (Å²) in [5, 5.41) is 2.67. The molecule has 0 saturated carbocycles. The molecule has 1 aromatic heterocycles. The smallest absolute Gasteiger partial charge is 0.227 e.